The fourth-order valence-electron chi connectivity index (χ4n) is 6.31. The highest BCUT2D eigenvalue weighted by Crippen LogP contribution is 2.45. The third-order valence-corrected chi connectivity index (χ3v) is 8.83. The van der Waals surface area contributed by atoms with Gasteiger partial charge >= 0.3 is 12.1 Å². The van der Waals surface area contributed by atoms with E-state index in [2.05, 4.69) is 10.6 Å². The van der Waals surface area contributed by atoms with E-state index in [1.54, 1.807) is 37.8 Å². The molecule has 252 valence electrons. The van der Waals surface area contributed by atoms with Crippen molar-refractivity contribution in [2.45, 2.75) is 95.9 Å². The van der Waals surface area contributed by atoms with Gasteiger partial charge in [0.1, 0.15) is 29.0 Å². The van der Waals surface area contributed by atoms with Gasteiger partial charge in [-0.2, -0.15) is 0 Å². The lowest BCUT2D eigenvalue weighted by Gasteiger charge is -2.33. The second-order valence-corrected chi connectivity index (χ2v) is 13.4. The zero-order valence-corrected chi connectivity index (χ0v) is 27.3. The first-order valence-corrected chi connectivity index (χ1v) is 16.3. The number of carbonyl (C=O) groups excluding carboxylic acids is 4. The second-order valence-electron chi connectivity index (χ2n) is 13.4. The van der Waals surface area contributed by atoms with E-state index in [4.69, 9.17) is 9.47 Å². The van der Waals surface area contributed by atoms with E-state index in [0.717, 1.165) is 19.3 Å². The number of fused-ring (bicyclic) bond motifs is 2. The molecule has 0 aromatic heterocycles. The Balaban J connectivity index is 1.59. The smallest absolute Gasteiger partial charge is 0.408 e. The number of hydrogen-bond donors (Lipinski definition) is 3. The normalized spacial score (nSPS) is 27.5. The Morgan fingerprint density at radius 3 is 2.52 bits per heavy atom. The summed E-state index contributed by atoms with van der Waals surface area (Å²) >= 11 is 0. The summed E-state index contributed by atoms with van der Waals surface area (Å²) in [5.41, 5.74) is -2.22. The monoisotopic (exact) mass is 640 g/mol. The van der Waals surface area contributed by atoms with Gasteiger partial charge in [-0.1, -0.05) is 43.2 Å². The molecule has 12 heteroatoms. The lowest BCUT2D eigenvalue weighted by Crippen LogP contribution is -2.58. The minimum absolute atomic E-state index is 0.170. The summed E-state index contributed by atoms with van der Waals surface area (Å²) in [6.45, 7) is 7.58. The summed E-state index contributed by atoms with van der Waals surface area (Å²) < 4.78 is 11.1. The van der Waals surface area contributed by atoms with Crippen LogP contribution >= 0.6 is 0 Å². The fourth-order valence-corrected chi connectivity index (χ4v) is 6.31. The van der Waals surface area contributed by atoms with Crippen LogP contribution in [-0.4, -0.2) is 94.2 Å². The maximum atomic E-state index is 14.2. The van der Waals surface area contributed by atoms with Gasteiger partial charge in [0.15, 0.2) is 6.61 Å². The molecule has 0 spiro atoms. The van der Waals surface area contributed by atoms with Gasteiger partial charge in [-0.15, -0.1) is 0 Å². The average molecular weight is 641 g/mol. The zero-order valence-electron chi connectivity index (χ0n) is 27.3. The number of nitrogens with zero attached hydrogens (tertiary/aromatic N) is 2. The maximum absolute atomic E-state index is 14.2. The van der Waals surface area contributed by atoms with E-state index in [-0.39, 0.29) is 37.9 Å². The number of carboxylic acid groups (broad SMARTS) is 1. The van der Waals surface area contributed by atoms with Gasteiger partial charge in [-0.25, -0.2) is 9.59 Å². The van der Waals surface area contributed by atoms with Crippen LogP contribution < -0.4 is 15.4 Å². The van der Waals surface area contributed by atoms with Crippen molar-refractivity contribution in [1.82, 2.24) is 20.4 Å². The SMILES string of the molecule is CCN(C[C@H]1CCN2C(=O)[C@H](NC(=O)OC(C)(C)C)CCCCC/C=C\[C@@H]3C[C@@]3(C(=O)O)NC(=O)[C@H]12)C(=O)COc1ccccc1. The van der Waals surface area contributed by atoms with E-state index < -0.39 is 53.0 Å². The van der Waals surface area contributed by atoms with Crippen LogP contribution in [0.2, 0.25) is 0 Å². The molecule has 1 aliphatic carbocycles. The molecule has 0 radical (unpaired) electrons. The van der Waals surface area contributed by atoms with Gasteiger partial charge in [-0.3, -0.25) is 14.4 Å². The molecule has 1 saturated carbocycles. The van der Waals surface area contributed by atoms with Crippen LogP contribution in [0.4, 0.5) is 4.79 Å². The quantitative estimate of drug-likeness (QED) is 0.365. The highest BCUT2D eigenvalue weighted by Gasteiger charge is 2.61. The summed E-state index contributed by atoms with van der Waals surface area (Å²) in [7, 11) is 0. The second kappa shape index (κ2) is 15.0. The third-order valence-electron chi connectivity index (χ3n) is 8.83. The third kappa shape index (κ3) is 8.79. The van der Waals surface area contributed by atoms with Gasteiger partial charge < -0.3 is 35.0 Å². The van der Waals surface area contributed by atoms with Crippen molar-refractivity contribution >= 4 is 29.8 Å². The van der Waals surface area contributed by atoms with Crippen LogP contribution in [0.3, 0.4) is 0 Å². The standard InChI is InChI=1S/C34H48N4O8/c1-5-37(27(39)22-45-25-15-11-9-12-16-25)21-23-18-19-38-28(23)29(40)36-34(31(42)43)20-24(34)14-10-7-6-8-13-17-26(30(38)41)35-32(44)46-33(2,3)4/h9-12,14-16,23-24,26,28H,5-8,13,17-22H2,1-4H3,(H,35,44)(H,36,40)(H,42,43)/b14-10-/t23-,24-,26-,28+,34-/m1/s1. The van der Waals surface area contributed by atoms with Crippen LogP contribution in [0, 0.1) is 11.8 Å². The van der Waals surface area contributed by atoms with Gasteiger partial charge in [0.2, 0.25) is 11.8 Å². The van der Waals surface area contributed by atoms with Crippen LogP contribution in [0.5, 0.6) is 5.75 Å². The first-order chi connectivity index (χ1) is 21.8. The first kappa shape index (κ1) is 34.8. The number of amides is 4. The van der Waals surface area contributed by atoms with Crippen LogP contribution in [-0.2, 0) is 23.9 Å². The molecule has 0 unspecified atom stereocenters. The van der Waals surface area contributed by atoms with Crippen molar-refractivity contribution in [3.05, 3.63) is 42.5 Å². The van der Waals surface area contributed by atoms with Gasteiger partial charge in [-0.05, 0) is 71.9 Å². The molecule has 2 heterocycles. The highest BCUT2D eigenvalue weighted by molar-refractivity contribution is 5.96. The Hall–Kier alpha value is -4.09. The fraction of sp³-hybridized carbons (Fsp3) is 0.618. The molecule has 3 aliphatic rings. The van der Waals surface area contributed by atoms with Gasteiger partial charge in [0, 0.05) is 31.5 Å². The van der Waals surface area contributed by atoms with Crippen molar-refractivity contribution in [2.24, 2.45) is 11.8 Å². The number of rotatable bonds is 8. The number of aliphatic carboxylic acids is 1. The number of ether oxygens (including phenoxy) is 2. The molecule has 5 atom stereocenters. The average Bonchev–Trinajstić information content (AvgIpc) is 3.53. The number of carboxylic acids is 1. The lowest BCUT2D eigenvalue weighted by molar-refractivity contribution is -0.146. The molecule has 12 nitrogen and oxygen atoms in total. The Bertz CT molecular complexity index is 1300. The Kier molecular flexibility index (Phi) is 11.3. The van der Waals surface area contributed by atoms with Crippen LogP contribution in [0.25, 0.3) is 0 Å². The predicted molar refractivity (Wildman–Crippen MR) is 170 cm³/mol. The van der Waals surface area contributed by atoms with Crippen LogP contribution in [0.15, 0.2) is 42.5 Å². The van der Waals surface area contributed by atoms with E-state index in [1.807, 2.05) is 37.3 Å². The molecule has 4 rings (SSSR count). The molecule has 1 aromatic rings. The largest absolute Gasteiger partial charge is 0.484 e. The molecule has 1 aromatic carbocycles. The minimum Gasteiger partial charge on any atom is -0.484 e. The van der Waals surface area contributed by atoms with Crippen molar-refractivity contribution < 1.29 is 38.6 Å². The summed E-state index contributed by atoms with van der Waals surface area (Å²) in [4.78, 5) is 69.7. The summed E-state index contributed by atoms with van der Waals surface area (Å²) in [5, 5.41) is 15.7. The van der Waals surface area contributed by atoms with Gasteiger partial charge in [0.25, 0.3) is 5.91 Å². The minimum atomic E-state index is -1.45. The van der Waals surface area contributed by atoms with Crippen molar-refractivity contribution in [3.63, 3.8) is 0 Å². The maximum Gasteiger partial charge on any atom is 0.408 e. The molecule has 1 saturated heterocycles. The van der Waals surface area contributed by atoms with Crippen molar-refractivity contribution in [1.29, 1.82) is 0 Å². The molecule has 0 bridgehead atoms. The summed E-state index contributed by atoms with van der Waals surface area (Å²) in [5.74, 6) is -2.67. The molecule has 46 heavy (non-hydrogen) atoms. The van der Waals surface area contributed by atoms with Crippen LogP contribution in [0.1, 0.15) is 72.6 Å². The van der Waals surface area contributed by atoms with Crippen molar-refractivity contribution in [3.8, 4) is 5.75 Å². The first-order valence-electron chi connectivity index (χ1n) is 16.3. The Morgan fingerprint density at radius 1 is 1.11 bits per heavy atom. The van der Waals surface area contributed by atoms with E-state index in [0.29, 0.717) is 31.6 Å². The molecule has 2 aliphatic heterocycles. The van der Waals surface area contributed by atoms with Gasteiger partial charge in [0.05, 0.1) is 0 Å². The number of nitrogens with one attached hydrogen (secondary N) is 2. The molecule has 2 fully saturated rings. The zero-order chi connectivity index (χ0) is 33.5. The van der Waals surface area contributed by atoms with E-state index in [9.17, 15) is 29.1 Å². The number of alkyl carbamates (subject to hydrolysis) is 1. The number of likely N-dealkylation sites (N-methyl/N-ethyl adjacent to an activating group) is 1. The van der Waals surface area contributed by atoms with E-state index >= 15 is 0 Å². The predicted octanol–water partition coefficient (Wildman–Crippen LogP) is 3.50. The molecular formula is C34H48N4O8. The highest BCUT2D eigenvalue weighted by atomic mass is 16.6. The summed E-state index contributed by atoms with van der Waals surface area (Å²) in [6.07, 6.45) is 7.17. The number of hydrogen-bond acceptors (Lipinski definition) is 7. The molecule has 3 N–H and O–H groups in total. The number of benzene rings is 1. The number of allylic oxidation sites excluding steroid dienone is 1. The van der Waals surface area contributed by atoms with E-state index in [1.165, 1.54) is 4.90 Å². The summed E-state index contributed by atoms with van der Waals surface area (Å²) in [6, 6.07) is 7.00. The lowest BCUT2D eigenvalue weighted by atomic mass is 9.97. The number of para-hydroxylation sites is 1. The molecular weight excluding hydrogens is 592 g/mol. The Labute approximate surface area is 270 Å². The molecule has 4 amide bonds. The van der Waals surface area contributed by atoms with Crippen molar-refractivity contribution in [2.75, 3.05) is 26.2 Å². The number of carbonyl (C=O) groups is 5. The topological polar surface area (TPSA) is 155 Å². The Morgan fingerprint density at radius 2 is 1.85 bits per heavy atom.